The second-order valence-electron chi connectivity index (χ2n) is 11.0. The van der Waals surface area contributed by atoms with Crippen LogP contribution in [0.4, 0.5) is 5.69 Å². The molecular formula is C28H44N4O. The minimum Gasteiger partial charge on any atom is -0.492 e. The van der Waals surface area contributed by atoms with Crippen LogP contribution in [0.3, 0.4) is 0 Å². The monoisotopic (exact) mass is 452 g/mol. The number of allylic oxidation sites excluding steroid dienone is 1. The molecule has 1 saturated heterocycles. The van der Waals surface area contributed by atoms with Crippen molar-refractivity contribution < 1.29 is 4.74 Å². The Labute approximate surface area is 200 Å². The van der Waals surface area contributed by atoms with Crippen LogP contribution in [0.1, 0.15) is 69.4 Å². The third-order valence-corrected chi connectivity index (χ3v) is 8.67. The zero-order chi connectivity index (χ0) is 22.8. The normalized spacial score (nSPS) is 31.4. The molecule has 4 aliphatic rings. The number of likely N-dealkylation sites (N-methyl/N-ethyl adjacent to an activating group) is 1. The van der Waals surface area contributed by atoms with E-state index in [0.29, 0.717) is 18.2 Å². The number of nitrogens with one attached hydrogen (secondary N) is 3. The Bertz CT molecular complexity index is 847. The summed E-state index contributed by atoms with van der Waals surface area (Å²) in [5.74, 6) is 2.72. The standard InChI is InChI=1S/C28H44N4O/c1-19-27(21-8-5-4-6-9-21)25(29-2)18-26(30-19)31-23-16-22-12-15-33-28(22)24(17-23)20-10-7-13-32(3)14-11-20/h11,16-17,19,21,25-27,29-31H,4-10,12-15,18H2,1-3H3. The van der Waals surface area contributed by atoms with Crippen molar-refractivity contribution in [2.24, 2.45) is 11.8 Å². The zero-order valence-electron chi connectivity index (χ0n) is 21.0. The first-order valence-electron chi connectivity index (χ1n) is 13.5. The molecule has 1 saturated carbocycles. The van der Waals surface area contributed by atoms with Gasteiger partial charge in [-0.2, -0.15) is 0 Å². The van der Waals surface area contributed by atoms with Gasteiger partial charge in [0.25, 0.3) is 0 Å². The molecule has 182 valence electrons. The number of anilines is 1. The molecule has 3 heterocycles. The summed E-state index contributed by atoms with van der Waals surface area (Å²) in [5, 5.41) is 11.5. The maximum Gasteiger partial charge on any atom is 0.130 e. The van der Waals surface area contributed by atoms with E-state index in [2.05, 4.69) is 60.1 Å². The third kappa shape index (κ3) is 5.11. The van der Waals surface area contributed by atoms with Crippen molar-refractivity contribution >= 4 is 11.3 Å². The zero-order valence-corrected chi connectivity index (χ0v) is 21.0. The van der Waals surface area contributed by atoms with E-state index in [-0.39, 0.29) is 0 Å². The molecule has 1 aliphatic carbocycles. The molecule has 4 unspecified atom stereocenters. The highest BCUT2D eigenvalue weighted by molar-refractivity contribution is 5.76. The van der Waals surface area contributed by atoms with Gasteiger partial charge in [-0.1, -0.05) is 38.2 Å². The fraction of sp³-hybridized carbons (Fsp3) is 0.714. The van der Waals surface area contributed by atoms with E-state index in [0.717, 1.165) is 50.0 Å². The molecule has 5 heteroatoms. The summed E-state index contributed by atoms with van der Waals surface area (Å²) >= 11 is 0. The van der Waals surface area contributed by atoms with Crippen molar-refractivity contribution in [1.82, 2.24) is 15.5 Å². The summed E-state index contributed by atoms with van der Waals surface area (Å²) in [5.41, 5.74) is 5.37. The molecule has 4 atom stereocenters. The van der Waals surface area contributed by atoms with Gasteiger partial charge in [-0.3, -0.25) is 5.32 Å². The highest BCUT2D eigenvalue weighted by atomic mass is 16.5. The summed E-state index contributed by atoms with van der Waals surface area (Å²) in [7, 11) is 4.38. The van der Waals surface area contributed by atoms with Gasteiger partial charge in [0.1, 0.15) is 5.75 Å². The van der Waals surface area contributed by atoms with Gasteiger partial charge < -0.3 is 20.3 Å². The van der Waals surface area contributed by atoms with Crippen LogP contribution < -0.4 is 20.7 Å². The predicted octanol–water partition coefficient (Wildman–Crippen LogP) is 4.63. The largest absolute Gasteiger partial charge is 0.492 e. The van der Waals surface area contributed by atoms with E-state index >= 15 is 0 Å². The lowest BCUT2D eigenvalue weighted by molar-refractivity contribution is 0.112. The summed E-state index contributed by atoms with van der Waals surface area (Å²) in [6.07, 6.45) is 14.3. The van der Waals surface area contributed by atoms with E-state index in [9.17, 15) is 0 Å². The summed E-state index contributed by atoms with van der Waals surface area (Å²) in [6.45, 7) is 5.41. The molecule has 5 rings (SSSR count). The lowest BCUT2D eigenvalue weighted by Crippen LogP contribution is -2.60. The molecule has 1 aromatic rings. The summed E-state index contributed by atoms with van der Waals surface area (Å²) in [4.78, 5) is 2.41. The Morgan fingerprint density at radius 2 is 1.94 bits per heavy atom. The first-order valence-corrected chi connectivity index (χ1v) is 13.5. The number of fused-ring (bicyclic) bond motifs is 1. The van der Waals surface area contributed by atoms with Gasteiger partial charge in [0.15, 0.2) is 0 Å². The molecule has 0 radical (unpaired) electrons. The van der Waals surface area contributed by atoms with Crippen LogP contribution in [-0.4, -0.2) is 56.9 Å². The molecule has 5 nitrogen and oxygen atoms in total. The van der Waals surface area contributed by atoms with Crippen molar-refractivity contribution in [2.45, 2.75) is 83.0 Å². The number of ether oxygens (including phenoxy) is 1. The summed E-state index contributed by atoms with van der Waals surface area (Å²) < 4.78 is 6.12. The SMILES string of the molecule is CNC1CC(Nc2cc3c(c(C4=CCN(C)CCC4)c2)OCC3)NC(C)C1C1CCCCC1. The fourth-order valence-corrected chi connectivity index (χ4v) is 7.00. The Morgan fingerprint density at radius 1 is 1.09 bits per heavy atom. The number of benzene rings is 1. The minimum atomic E-state index is 0.291. The molecule has 3 N–H and O–H groups in total. The topological polar surface area (TPSA) is 48.6 Å². The van der Waals surface area contributed by atoms with Crippen molar-refractivity contribution in [2.75, 3.05) is 39.1 Å². The van der Waals surface area contributed by atoms with E-state index in [1.165, 1.54) is 67.5 Å². The second kappa shape index (κ2) is 10.4. The van der Waals surface area contributed by atoms with Crippen LogP contribution in [0, 0.1) is 11.8 Å². The Balaban J connectivity index is 1.34. The van der Waals surface area contributed by atoms with Gasteiger partial charge in [0, 0.05) is 41.9 Å². The molecule has 0 aromatic heterocycles. The predicted molar refractivity (Wildman–Crippen MR) is 138 cm³/mol. The van der Waals surface area contributed by atoms with Gasteiger partial charge in [-0.25, -0.2) is 0 Å². The summed E-state index contributed by atoms with van der Waals surface area (Å²) in [6, 6.07) is 5.78. The lowest BCUT2D eigenvalue weighted by Gasteiger charge is -2.46. The fourth-order valence-electron chi connectivity index (χ4n) is 7.00. The first-order chi connectivity index (χ1) is 16.1. The molecule has 0 amide bonds. The van der Waals surface area contributed by atoms with Crippen LogP contribution >= 0.6 is 0 Å². The number of nitrogens with zero attached hydrogens (tertiary/aromatic N) is 1. The maximum atomic E-state index is 6.12. The quantitative estimate of drug-likeness (QED) is 0.608. The number of hydrogen-bond donors (Lipinski definition) is 3. The van der Waals surface area contributed by atoms with E-state index in [4.69, 9.17) is 4.74 Å². The van der Waals surface area contributed by atoms with Gasteiger partial charge in [0.05, 0.1) is 12.8 Å². The Morgan fingerprint density at radius 3 is 2.76 bits per heavy atom. The van der Waals surface area contributed by atoms with Gasteiger partial charge in [-0.15, -0.1) is 0 Å². The third-order valence-electron chi connectivity index (χ3n) is 8.67. The van der Waals surface area contributed by atoms with Crippen LogP contribution in [0.5, 0.6) is 5.75 Å². The number of rotatable bonds is 5. The van der Waals surface area contributed by atoms with Gasteiger partial charge in [0.2, 0.25) is 0 Å². The van der Waals surface area contributed by atoms with Crippen LogP contribution in [0.15, 0.2) is 18.2 Å². The molecule has 2 fully saturated rings. The highest BCUT2D eigenvalue weighted by Gasteiger charge is 2.39. The smallest absolute Gasteiger partial charge is 0.130 e. The van der Waals surface area contributed by atoms with Crippen molar-refractivity contribution in [1.29, 1.82) is 0 Å². The molecular weight excluding hydrogens is 408 g/mol. The average molecular weight is 453 g/mol. The molecule has 1 aromatic carbocycles. The van der Waals surface area contributed by atoms with Crippen LogP contribution in [-0.2, 0) is 6.42 Å². The van der Waals surface area contributed by atoms with Gasteiger partial charge >= 0.3 is 0 Å². The van der Waals surface area contributed by atoms with Gasteiger partial charge in [-0.05, 0) is 76.4 Å². The second-order valence-corrected chi connectivity index (χ2v) is 11.0. The minimum absolute atomic E-state index is 0.291. The van der Waals surface area contributed by atoms with Crippen molar-refractivity contribution in [3.05, 3.63) is 29.3 Å². The number of hydrogen-bond acceptors (Lipinski definition) is 5. The maximum absolute atomic E-state index is 6.12. The van der Waals surface area contributed by atoms with E-state index < -0.39 is 0 Å². The average Bonchev–Trinajstić information content (AvgIpc) is 3.19. The Kier molecular flexibility index (Phi) is 7.29. The lowest BCUT2D eigenvalue weighted by atomic mass is 9.71. The van der Waals surface area contributed by atoms with Crippen LogP contribution in [0.25, 0.3) is 5.57 Å². The van der Waals surface area contributed by atoms with E-state index in [1.807, 2.05) is 0 Å². The van der Waals surface area contributed by atoms with Crippen molar-refractivity contribution in [3.8, 4) is 5.75 Å². The molecule has 0 bridgehead atoms. The molecule has 0 spiro atoms. The van der Waals surface area contributed by atoms with Crippen LogP contribution in [0.2, 0.25) is 0 Å². The molecule has 33 heavy (non-hydrogen) atoms. The number of piperidine rings is 1. The highest BCUT2D eigenvalue weighted by Crippen LogP contribution is 2.40. The first kappa shape index (κ1) is 23.2. The van der Waals surface area contributed by atoms with E-state index in [1.54, 1.807) is 0 Å². The molecule has 3 aliphatic heterocycles. The Hall–Kier alpha value is -1.56. The van der Waals surface area contributed by atoms with Crippen molar-refractivity contribution in [3.63, 3.8) is 0 Å².